The van der Waals surface area contributed by atoms with E-state index in [-0.39, 0.29) is 0 Å². The van der Waals surface area contributed by atoms with Gasteiger partial charge >= 0.3 is 0 Å². The molecule has 0 amide bonds. The standard InChI is InChI=1S/C10H15N5OS/c1-15(2)4-3-8-13-10(16-14-8)7-6-17-9(5-11)12-7/h6H,3-5,11H2,1-2H3. The molecule has 0 aliphatic carbocycles. The molecule has 2 aromatic rings. The fraction of sp³-hybridized carbons (Fsp3) is 0.500. The Bertz CT molecular complexity index is 479. The first kappa shape index (κ1) is 12.2. The van der Waals surface area contributed by atoms with Crippen molar-refractivity contribution in [1.29, 1.82) is 0 Å². The Hall–Kier alpha value is -1.31. The summed E-state index contributed by atoms with van der Waals surface area (Å²) >= 11 is 1.50. The zero-order valence-corrected chi connectivity index (χ0v) is 10.7. The quantitative estimate of drug-likeness (QED) is 0.847. The molecule has 0 atom stereocenters. The highest BCUT2D eigenvalue weighted by Gasteiger charge is 2.12. The van der Waals surface area contributed by atoms with Crippen LogP contribution < -0.4 is 5.73 Å². The Morgan fingerprint density at radius 2 is 2.24 bits per heavy atom. The molecule has 92 valence electrons. The molecule has 0 aromatic carbocycles. The summed E-state index contributed by atoms with van der Waals surface area (Å²) < 4.78 is 5.16. The molecular weight excluding hydrogens is 238 g/mol. The monoisotopic (exact) mass is 253 g/mol. The van der Waals surface area contributed by atoms with Crippen molar-refractivity contribution in [1.82, 2.24) is 20.0 Å². The summed E-state index contributed by atoms with van der Waals surface area (Å²) in [5.41, 5.74) is 6.21. The minimum atomic E-state index is 0.437. The molecule has 2 rings (SSSR count). The third-order valence-electron chi connectivity index (χ3n) is 2.20. The Kier molecular flexibility index (Phi) is 3.82. The van der Waals surface area contributed by atoms with Gasteiger partial charge in [0, 0.05) is 24.9 Å². The molecule has 17 heavy (non-hydrogen) atoms. The minimum absolute atomic E-state index is 0.437. The number of aromatic nitrogens is 3. The summed E-state index contributed by atoms with van der Waals surface area (Å²) in [6.07, 6.45) is 0.768. The predicted molar refractivity (Wildman–Crippen MR) is 65.6 cm³/mol. The van der Waals surface area contributed by atoms with Crippen molar-refractivity contribution >= 4 is 11.3 Å². The normalized spacial score (nSPS) is 11.3. The van der Waals surface area contributed by atoms with Crippen LogP contribution >= 0.6 is 11.3 Å². The van der Waals surface area contributed by atoms with Crippen LogP contribution in [0, 0.1) is 0 Å². The van der Waals surface area contributed by atoms with Crippen molar-refractivity contribution in [2.45, 2.75) is 13.0 Å². The van der Waals surface area contributed by atoms with Crippen LogP contribution in [0.2, 0.25) is 0 Å². The molecule has 0 spiro atoms. The zero-order chi connectivity index (χ0) is 12.3. The van der Waals surface area contributed by atoms with Crippen LogP contribution in [0.25, 0.3) is 11.6 Å². The van der Waals surface area contributed by atoms with Crippen LogP contribution in [0.15, 0.2) is 9.90 Å². The summed E-state index contributed by atoms with van der Waals surface area (Å²) in [4.78, 5) is 10.7. The van der Waals surface area contributed by atoms with Crippen molar-refractivity contribution < 1.29 is 4.52 Å². The number of hydrogen-bond acceptors (Lipinski definition) is 7. The molecule has 0 fully saturated rings. The molecule has 2 aromatic heterocycles. The van der Waals surface area contributed by atoms with Gasteiger partial charge in [0.05, 0.1) is 0 Å². The Morgan fingerprint density at radius 1 is 1.41 bits per heavy atom. The lowest BCUT2D eigenvalue weighted by Gasteiger charge is -2.05. The van der Waals surface area contributed by atoms with Crippen LogP contribution in [-0.4, -0.2) is 40.7 Å². The largest absolute Gasteiger partial charge is 0.332 e. The van der Waals surface area contributed by atoms with E-state index in [2.05, 4.69) is 20.0 Å². The summed E-state index contributed by atoms with van der Waals surface area (Å²) in [6.45, 7) is 1.33. The molecular formula is C10H15N5OS. The van der Waals surface area contributed by atoms with E-state index in [9.17, 15) is 0 Å². The average molecular weight is 253 g/mol. The topological polar surface area (TPSA) is 81.1 Å². The van der Waals surface area contributed by atoms with Gasteiger partial charge in [0.15, 0.2) is 5.82 Å². The van der Waals surface area contributed by atoms with Crippen LogP contribution in [0.3, 0.4) is 0 Å². The van der Waals surface area contributed by atoms with E-state index in [0.29, 0.717) is 24.0 Å². The van der Waals surface area contributed by atoms with Gasteiger partial charge in [-0.3, -0.25) is 0 Å². The van der Waals surface area contributed by atoms with E-state index in [1.165, 1.54) is 11.3 Å². The molecule has 0 saturated heterocycles. The maximum atomic E-state index is 5.50. The molecule has 2 N–H and O–H groups in total. The lowest BCUT2D eigenvalue weighted by Crippen LogP contribution is -2.15. The first-order valence-corrected chi connectivity index (χ1v) is 6.19. The maximum Gasteiger partial charge on any atom is 0.277 e. The highest BCUT2D eigenvalue weighted by Crippen LogP contribution is 2.19. The second-order valence-electron chi connectivity index (χ2n) is 3.90. The highest BCUT2D eigenvalue weighted by atomic mass is 32.1. The third-order valence-corrected chi connectivity index (χ3v) is 3.07. The lowest BCUT2D eigenvalue weighted by molar-refractivity contribution is 0.392. The SMILES string of the molecule is CN(C)CCc1noc(-c2csc(CN)n2)n1. The number of likely N-dealkylation sites (N-methyl/N-ethyl adjacent to an activating group) is 1. The summed E-state index contributed by atoms with van der Waals surface area (Å²) in [5.74, 6) is 1.17. The molecule has 0 bridgehead atoms. The van der Waals surface area contributed by atoms with Crippen molar-refractivity contribution in [2.24, 2.45) is 5.73 Å². The first-order valence-electron chi connectivity index (χ1n) is 5.31. The summed E-state index contributed by atoms with van der Waals surface area (Å²) in [6, 6.07) is 0. The van der Waals surface area contributed by atoms with E-state index in [4.69, 9.17) is 10.3 Å². The summed E-state index contributed by atoms with van der Waals surface area (Å²) in [7, 11) is 4.02. The van der Waals surface area contributed by atoms with Crippen molar-refractivity contribution in [3.05, 3.63) is 16.2 Å². The first-order chi connectivity index (χ1) is 8.19. The van der Waals surface area contributed by atoms with Crippen molar-refractivity contribution in [3.63, 3.8) is 0 Å². The van der Waals surface area contributed by atoms with Crippen LogP contribution in [-0.2, 0) is 13.0 Å². The van der Waals surface area contributed by atoms with Gasteiger partial charge in [0.2, 0.25) is 0 Å². The van der Waals surface area contributed by atoms with Crippen LogP contribution in [0.5, 0.6) is 0 Å². The van der Waals surface area contributed by atoms with Gasteiger partial charge in [0.25, 0.3) is 5.89 Å². The van der Waals surface area contributed by atoms with Gasteiger partial charge in [-0.05, 0) is 14.1 Å². The summed E-state index contributed by atoms with van der Waals surface area (Å²) in [5, 5.41) is 6.67. The molecule has 0 unspecified atom stereocenters. The zero-order valence-electron chi connectivity index (χ0n) is 9.88. The molecule has 0 radical (unpaired) electrons. The van der Waals surface area contributed by atoms with Crippen molar-refractivity contribution in [2.75, 3.05) is 20.6 Å². The van der Waals surface area contributed by atoms with Gasteiger partial charge in [-0.1, -0.05) is 5.16 Å². The second-order valence-corrected chi connectivity index (χ2v) is 4.84. The van der Waals surface area contributed by atoms with E-state index >= 15 is 0 Å². The van der Waals surface area contributed by atoms with E-state index in [0.717, 1.165) is 18.0 Å². The third kappa shape index (κ3) is 3.09. The number of nitrogens with two attached hydrogens (primary N) is 1. The minimum Gasteiger partial charge on any atom is -0.332 e. The molecule has 0 aliphatic rings. The van der Waals surface area contributed by atoms with Gasteiger partial charge in [-0.2, -0.15) is 4.98 Å². The van der Waals surface area contributed by atoms with E-state index < -0.39 is 0 Å². The van der Waals surface area contributed by atoms with Gasteiger partial charge in [-0.25, -0.2) is 4.98 Å². The fourth-order valence-corrected chi connectivity index (χ4v) is 1.93. The Balaban J connectivity index is 2.07. The second kappa shape index (κ2) is 5.35. The average Bonchev–Trinajstić information content (AvgIpc) is 2.94. The van der Waals surface area contributed by atoms with Gasteiger partial charge in [0.1, 0.15) is 10.7 Å². The van der Waals surface area contributed by atoms with Gasteiger partial charge in [-0.15, -0.1) is 11.3 Å². The lowest BCUT2D eigenvalue weighted by atomic mass is 10.4. The molecule has 0 aliphatic heterocycles. The van der Waals surface area contributed by atoms with Gasteiger partial charge < -0.3 is 15.2 Å². The smallest absolute Gasteiger partial charge is 0.277 e. The molecule has 2 heterocycles. The number of rotatable bonds is 5. The van der Waals surface area contributed by atoms with Crippen LogP contribution in [0.4, 0.5) is 0 Å². The molecule has 6 nitrogen and oxygen atoms in total. The fourth-order valence-electron chi connectivity index (χ4n) is 1.29. The number of hydrogen-bond donors (Lipinski definition) is 1. The Labute approximate surface area is 103 Å². The van der Waals surface area contributed by atoms with E-state index in [1.807, 2.05) is 19.5 Å². The highest BCUT2D eigenvalue weighted by molar-refractivity contribution is 7.09. The predicted octanol–water partition coefficient (Wildman–Crippen LogP) is 0.756. The van der Waals surface area contributed by atoms with Crippen molar-refractivity contribution in [3.8, 4) is 11.6 Å². The molecule has 0 saturated carbocycles. The number of nitrogens with zero attached hydrogens (tertiary/aromatic N) is 4. The molecule has 7 heteroatoms. The number of thiazole rings is 1. The van der Waals surface area contributed by atoms with Crippen LogP contribution in [0.1, 0.15) is 10.8 Å². The maximum absolute atomic E-state index is 5.50. The van der Waals surface area contributed by atoms with E-state index in [1.54, 1.807) is 0 Å². The Morgan fingerprint density at radius 3 is 2.88 bits per heavy atom.